The zero-order chi connectivity index (χ0) is 14.8. The number of hydrogen-bond acceptors (Lipinski definition) is 5. The highest BCUT2D eigenvalue weighted by molar-refractivity contribution is 7.09. The Kier molecular flexibility index (Phi) is 4.10. The first-order valence-electron chi connectivity index (χ1n) is 7.85. The summed E-state index contributed by atoms with van der Waals surface area (Å²) in [5.74, 6) is 0.832. The van der Waals surface area contributed by atoms with Gasteiger partial charge in [0.05, 0.1) is 6.20 Å². The summed E-state index contributed by atoms with van der Waals surface area (Å²) in [6.45, 7) is 2.76. The summed E-state index contributed by atoms with van der Waals surface area (Å²) in [5.41, 5.74) is 0. The summed E-state index contributed by atoms with van der Waals surface area (Å²) in [6.07, 6.45) is 6.15. The van der Waals surface area contributed by atoms with Crippen LogP contribution in [0.25, 0.3) is 0 Å². The molecule has 4 nitrogen and oxygen atoms in total. The highest BCUT2D eigenvalue weighted by atomic mass is 32.1. The normalized spacial score (nSPS) is 28.5. The molecule has 2 aliphatic heterocycles. The van der Waals surface area contributed by atoms with Crippen LogP contribution in [-0.2, 0) is 11.3 Å². The van der Waals surface area contributed by atoms with Crippen LogP contribution >= 0.6 is 11.3 Å². The van der Waals surface area contributed by atoms with Crippen molar-refractivity contribution in [3.05, 3.63) is 46.9 Å². The summed E-state index contributed by atoms with van der Waals surface area (Å²) in [5, 5.41) is 2.14. The van der Waals surface area contributed by atoms with Gasteiger partial charge in [0.25, 0.3) is 0 Å². The van der Waals surface area contributed by atoms with Crippen LogP contribution in [0.2, 0.25) is 0 Å². The molecular weight excluding hydrogens is 296 g/mol. The Morgan fingerprint density at radius 3 is 3.18 bits per heavy atom. The van der Waals surface area contributed by atoms with E-state index >= 15 is 0 Å². The summed E-state index contributed by atoms with van der Waals surface area (Å²) in [7, 11) is 0. The van der Waals surface area contributed by atoms with Gasteiger partial charge in [-0.1, -0.05) is 6.07 Å². The molecule has 116 valence electrons. The number of rotatable bonds is 4. The molecule has 0 amide bonds. The minimum Gasteiger partial charge on any atom is -0.485 e. The summed E-state index contributed by atoms with van der Waals surface area (Å²) < 4.78 is 12.2. The quantitative estimate of drug-likeness (QED) is 0.868. The van der Waals surface area contributed by atoms with Gasteiger partial charge in [-0.15, -0.1) is 11.3 Å². The van der Waals surface area contributed by atoms with Gasteiger partial charge >= 0.3 is 0 Å². The van der Waals surface area contributed by atoms with Gasteiger partial charge in [0, 0.05) is 36.8 Å². The largest absolute Gasteiger partial charge is 0.485 e. The van der Waals surface area contributed by atoms with E-state index in [1.807, 2.05) is 23.5 Å². The van der Waals surface area contributed by atoms with Gasteiger partial charge in [0.1, 0.15) is 18.0 Å². The summed E-state index contributed by atoms with van der Waals surface area (Å²) >= 11 is 1.82. The highest BCUT2D eigenvalue weighted by Crippen LogP contribution is 2.32. The first kappa shape index (κ1) is 14.2. The summed E-state index contributed by atoms with van der Waals surface area (Å²) in [4.78, 5) is 8.07. The molecule has 2 fully saturated rings. The SMILES string of the molecule is c1cncc(O[C@@H]2CN(Cc3cccs3)[C@@H]3CCCO[C@@H]32)c1. The van der Waals surface area contributed by atoms with Crippen LogP contribution in [-0.4, -0.2) is 41.3 Å². The van der Waals surface area contributed by atoms with Gasteiger partial charge in [0.2, 0.25) is 0 Å². The standard InChI is InChI=1S/C17H20N2O2S/c1-4-13(10-18-7-1)21-16-12-19(11-14-5-3-9-22-14)15-6-2-8-20-17(15)16/h1,3-5,7,9-10,15-17H,2,6,8,11-12H2/t15-,16-,17+/m1/s1. The van der Waals surface area contributed by atoms with E-state index in [9.17, 15) is 0 Å². The van der Waals surface area contributed by atoms with E-state index in [0.29, 0.717) is 6.04 Å². The molecule has 0 N–H and O–H groups in total. The van der Waals surface area contributed by atoms with Crippen LogP contribution in [0.1, 0.15) is 17.7 Å². The third kappa shape index (κ3) is 2.89. The number of fused-ring (bicyclic) bond motifs is 1. The van der Waals surface area contributed by atoms with Crippen LogP contribution in [0.15, 0.2) is 42.0 Å². The van der Waals surface area contributed by atoms with Crippen LogP contribution in [0.4, 0.5) is 0 Å². The fraction of sp³-hybridized carbons (Fsp3) is 0.471. The fourth-order valence-corrected chi connectivity index (χ4v) is 4.21. The van der Waals surface area contributed by atoms with Gasteiger partial charge in [-0.3, -0.25) is 9.88 Å². The maximum absolute atomic E-state index is 6.17. The van der Waals surface area contributed by atoms with E-state index in [1.54, 1.807) is 12.4 Å². The Bertz CT molecular complexity index is 590. The van der Waals surface area contributed by atoms with E-state index in [0.717, 1.165) is 31.9 Å². The van der Waals surface area contributed by atoms with E-state index in [2.05, 4.69) is 27.4 Å². The van der Waals surface area contributed by atoms with E-state index in [4.69, 9.17) is 9.47 Å². The second kappa shape index (κ2) is 6.36. The molecule has 2 aliphatic rings. The van der Waals surface area contributed by atoms with Crippen molar-refractivity contribution in [3.8, 4) is 5.75 Å². The molecule has 0 saturated carbocycles. The predicted molar refractivity (Wildman–Crippen MR) is 86.1 cm³/mol. The monoisotopic (exact) mass is 316 g/mol. The lowest BCUT2D eigenvalue weighted by molar-refractivity contribution is -0.0471. The average molecular weight is 316 g/mol. The van der Waals surface area contributed by atoms with Crippen molar-refractivity contribution in [2.45, 2.75) is 37.6 Å². The van der Waals surface area contributed by atoms with Crippen molar-refractivity contribution in [3.63, 3.8) is 0 Å². The number of pyridine rings is 1. The molecule has 0 aromatic carbocycles. The highest BCUT2D eigenvalue weighted by Gasteiger charge is 2.45. The van der Waals surface area contributed by atoms with Crippen LogP contribution in [0.3, 0.4) is 0 Å². The molecule has 0 bridgehead atoms. The lowest BCUT2D eigenvalue weighted by Crippen LogP contribution is -2.42. The van der Waals surface area contributed by atoms with Gasteiger partial charge in [-0.2, -0.15) is 0 Å². The Morgan fingerprint density at radius 1 is 1.36 bits per heavy atom. The van der Waals surface area contributed by atoms with E-state index < -0.39 is 0 Å². The number of thiophene rings is 1. The fourth-order valence-electron chi connectivity index (χ4n) is 3.48. The van der Waals surface area contributed by atoms with Crippen molar-refractivity contribution >= 4 is 11.3 Å². The molecule has 22 heavy (non-hydrogen) atoms. The van der Waals surface area contributed by atoms with Crippen molar-refractivity contribution in [1.29, 1.82) is 0 Å². The van der Waals surface area contributed by atoms with Crippen molar-refractivity contribution in [2.75, 3.05) is 13.2 Å². The minimum atomic E-state index is 0.0921. The maximum Gasteiger partial charge on any atom is 0.139 e. The Labute approximate surface area is 134 Å². The predicted octanol–water partition coefficient (Wildman–Crippen LogP) is 2.95. The number of hydrogen-bond donors (Lipinski definition) is 0. The average Bonchev–Trinajstić information content (AvgIpc) is 3.18. The molecule has 0 aliphatic carbocycles. The van der Waals surface area contributed by atoms with E-state index in [1.165, 1.54) is 11.3 Å². The van der Waals surface area contributed by atoms with Gasteiger partial charge in [0.15, 0.2) is 0 Å². The zero-order valence-electron chi connectivity index (χ0n) is 12.4. The molecule has 3 atom stereocenters. The van der Waals surface area contributed by atoms with E-state index in [-0.39, 0.29) is 12.2 Å². The Balaban J connectivity index is 1.50. The van der Waals surface area contributed by atoms with Gasteiger partial charge < -0.3 is 9.47 Å². The first-order chi connectivity index (χ1) is 10.9. The molecule has 2 aromatic heterocycles. The molecule has 5 heteroatoms. The van der Waals surface area contributed by atoms with Crippen LogP contribution < -0.4 is 4.74 Å². The molecular formula is C17H20N2O2S. The van der Waals surface area contributed by atoms with Crippen molar-refractivity contribution in [1.82, 2.24) is 9.88 Å². The van der Waals surface area contributed by atoms with Crippen molar-refractivity contribution < 1.29 is 9.47 Å². The number of aromatic nitrogens is 1. The minimum absolute atomic E-state index is 0.0921. The molecule has 4 heterocycles. The Morgan fingerprint density at radius 2 is 2.36 bits per heavy atom. The number of nitrogens with zero attached hydrogens (tertiary/aromatic N) is 2. The lowest BCUT2D eigenvalue weighted by atomic mass is 10.0. The zero-order valence-corrected chi connectivity index (χ0v) is 13.2. The van der Waals surface area contributed by atoms with Gasteiger partial charge in [-0.25, -0.2) is 0 Å². The second-order valence-electron chi connectivity index (χ2n) is 5.90. The summed E-state index contributed by atoms with van der Waals surface area (Å²) in [6, 6.07) is 8.67. The number of ether oxygens (including phenoxy) is 2. The maximum atomic E-state index is 6.17. The van der Waals surface area contributed by atoms with Crippen LogP contribution in [0.5, 0.6) is 5.75 Å². The number of likely N-dealkylation sites (tertiary alicyclic amines) is 1. The molecule has 4 rings (SSSR count). The lowest BCUT2D eigenvalue weighted by Gasteiger charge is -2.32. The van der Waals surface area contributed by atoms with Crippen LogP contribution in [0, 0.1) is 0 Å². The molecule has 0 spiro atoms. The third-order valence-electron chi connectivity index (χ3n) is 4.44. The molecule has 2 aromatic rings. The second-order valence-corrected chi connectivity index (χ2v) is 6.93. The first-order valence-corrected chi connectivity index (χ1v) is 8.73. The molecule has 0 unspecified atom stereocenters. The topological polar surface area (TPSA) is 34.6 Å². The molecule has 0 radical (unpaired) electrons. The third-order valence-corrected chi connectivity index (χ3v) is 5.31. The smallest absolute Gasteiger partial charge is 0.139 e. The van der Waals surface area contributed by atoms with Gasteiger partial charge in [-0.05, 0) is 36.4 Å². The molecule has 2 saturated heterocycles. The van der Waals surface area contributed by atoms with Crippen molar-refractivity contribution in [2.24, 2.45) is 0 Å². The Hall–Kier alpha value is -1.43.